The van der Waals surface area contributed by atoms with Crippen molar-refractivity contribution in [2.24, 2.45) is 0 Å². The molecule has 1 aliphatic heterocycles. The van der Waals surface area contributed by atoms with Gasteiger partial charge in [-0.25, -0.2) is 9.18 Å². The second-order valence-corrected chi connectivity index (χ2v) is 5.61. The number of nitrogens with zero attached hydrogens (tertiary/aromatic N) is 3. The van der Waals surface area contributed by atoms with Crippen molar-refractivity contribution in [3.8, 4) is 0 Å². The zero-order valence-corrected chi connectivity index (χ0v) is 12.9. The number of likely N-dealkylation sites (tertiary alicyclic amines) is 1. The van der Waals surface area contributed by atoms with Gasteiger partial charge in [0.1, 0.15) is 5.82 Å². The third kappa shape index (κ3) is 3.89. The van der Waals surface area contributed by atoms with E-state index in [2.05, 4.69) is 19.9 Å². The van der Waals surface area contributed by atoms with Gasteiger partial charge in [-0.15, -0.1) is 10.2 Å². The van der Waals surface area contributed by atoms with Gasteiger partial charge in [0.25, 0.3) is 0 Å². The number of carbonyl (C=O) groups excluding carboxylic acids is 1. The van der Waals surface area contributed by atoms with E-state index in [1.54, 1.807) is 6.07 Å². The van der Waals surface area contributed by atoms with Gasteiger partial charge >= 0.3 is 18.1 Å². The number of anilines is 1. The maximum absolute atomic E-state index is 13.5. The van der Waals surface area contributed by atoms with Crippen LogP contribution in [0.3, 0.4) is 0 Å². The molecule has 1 aromatic heterocycles. The lowest BCUT2D eigenvalue weighted by atomic mass is 9.97. The quantitative estimate of drug-likeness (QED) is 0.832. The van der Waals surface area contributed by atoms with Gasteiger partial charge in [0, 0.05) is 19.0 Å². The molecule has 0 unspecified atom stereocenters. The number of rotatable bonds is 2. The van der Waals surface area contributed by atoms with E-state index in [4.69, 9.17) is 0 Å². The van der Waals surface area contributed by atoms with E-state index < -0.39 is 23.9 Å². The van der Waals surface area contributed by atoms with Crippen LogP contribution in [0.25, 0.3) is 0 Å². The van der Waals surface area contributed by atoms with Crippen LogP contribution in [0.2, 0.25) is 0 Å². The Kier molecular flexibility index (Phi) is 4.60. The van der Waals surface area contributed by atoms with Gasteiger partial charge in [-0.2, -0.15) is 13.2 Å². The zero-order valence-electron chi connectivity index (χ0n) is 12.9. The van der Waals surface area contributed by atoms with E-state index in [0.29, 0.717) is 12.8 Å². The molecule has 0 aliphatic carbocycles. The van der Waals surface area contributed by atoms with Gasteiger partial charge in [0.05, 0.1) is 5.69 Å². The Morgan fingerprint density at radius 3 is 2.48 bits per heavy atom. The highest BCUT2D eigenvalue weighted by atomic mass is 19.4. The van der Waals surface area contributed by atoms with Crippen LogP contribution < -0.4 is 5.32 Å². The number of nitrogens with one attached hydrogen (secondary N) is 1. The summed E-state index contributed by atoms with van der Waals surface area (Å²) in [4.78, 5) is 13.6. The van der Waals surface area contributed by atoms with Crippen LogP contribution in [0.5, 0.6) is 0 Å². The number of hydrogen-bond acceptors (Lipinski definition) is 4. The summed E-state index contributed by atoms with van der Waals surface area (Å²) < 4.78 is 55.7. The molecule has 1 saturated heterocycles. The van der Waals surface area contributed by atoms with E-state index >= 15 is 0 Å². The minimum absolute atomic E-state index is 0.0707. The van der Waals surface area contributed by atoms with Crippen LogP contribution >= 0.6 is 0 Å². The van der Waals surface area contributed by atoms with E-state index in [-0.39, 0.29) is 30.6 Å². The smallest absolute Gasteiger partial charge is 0.417 e. The Bertz CT molecular complexity index is 754. The van der Waals surface area contributed by atoms with Crippen molar-refractivity contribution in [1.29, 1.82) is 0 Å². The molecule has 10 heteroatoms. The van der Waals surface area contributed by atoms with E-state index in [1.165, 1.54) is 23.1 Å². The number of aromatic nitrogens is 2. The first-order chi connectivity index (χ1) is 11.8. The summed E-state index contributed by atoms with van der Waals surface area (Å²) in [6.07, 6.45) is -3.92. The highest BCUT2D eigenvalue weighted by Crippen LogP contribution is 2.32. The molecule has 25 heavy (non-hydrogen) atoms. The summed E-state index contributed by atoms with van der Waals surface area (Å²) in [5, 5.41) is 8.93. The molecule has 1 fully saturated rings. The minimum Gasteiger partial charge on any atom is -0.417 e. The molecule has 1 aliphatic rings. The molecule has 0 bridgehead atoms. The van der Waals surface area contributed by atoms with Gasteiger partial charge in [0.2, 0.25) is 5.89 Å². The van der Waals surface area contributed by atoms with Gasteiger partial charge < -0.3 is 14.6 Å². The first kappa shape index (κ1) is 17.2. The second kappa shape index (κ2) is 6.69. The van der Waals surface area contributed by atoms with E-state index in [1.807, 2.05) is 0 Å². The highest BCUT2D eigenvalue weighted by Gasteiger charge is 2.39. The number of amides is 2. The summed E-state index contributed by atoms with van der Waals surface area (Å²) in [6.45, 7) is 0.573. The summed E-state index contributed by atoms with van der Waals surface area (Å²) in [6, 6.07) is 5.31. The third-order valence-corrected chi connectivity index (χ3v) is 3.93. The van der Waals surface area contributed by atoms with Gasteiger partial charge in [-0.3, -0.25) is 0 Å². The fourth-order valence-electron chi connectivity index (χ4n) is 2.60. The predicted octanol–water partition coefficient (Wildman–Crippen LogP) is 3.64. The largest absolute Gasteiger partial charge is 0.470 e. The SMILES string of the molecule is O=C(Nc1ccccc1F)N1CCC(c2nnc(C(F)(F)F)o2)CC1. The fraction of sp³-hybridized carbons (Fsp3) is 0.400. The number of halogens is 4. The molecule has 134 valence electrons. The molecule has 2 aromatic rings. The number of carbonyl (C=O) groups is 1. The Morgan fingerprint density at radius 2 is 1.88 bits per heavy atom. The number of urea groups is 1. The maximum atomic E-state index is 13.5. The molecule has 0 radical (unpaired) electrons. The molecule has 1 N–H and O–H groups in total. The van der Waals surface area contributed by atoms with Crippen molar-refractivity contribution >= 4 is 11.7 Å². The third-order valence-electron chi connectivity index (χ3n) is 3.93. The first-order valence-corrected chi connectivity index (χ1v) is 7.55. The molecule has 3 rings (SSSR count). The summed E-state index contributed by atoms with van der Waals surface area (Å²) in [5.74, 6) is -2.35. The molecule has 1 aromatic carbocycles. The summed E-state index contributed by atoms with van der Waals surface area (Å²) in [5.41, 5.74) is 0.0707. The van der Waals surface area contributed by atoms with Gasteiger partial charge in [-0.1, -0.05) is 12.1 Å². The predicted molar refractivity (Wildman–Crippen MR) is 78.3 cm³/mol. The maximum Gasteiger partial charge on any atom is 0.470 e. The lowest BCUT2D eigenvalue weighted by Gasteiger charge is -2.30. The fourth-order valence-corrected chi connectivity index (χ4v) is 2.60. The van der Waals surface area contributed by atoms with Gasteiger partial charge in [0.15, 0.2) is 0 Å². The van der Waals surface area contributed by atoms with Crippen molar-refractivity contribution in [3.63, 3.8) is 0 Å². The molecule has 0 spiro atoms. The molecule has 2 heterocycles. The standard InChI is InChI=1S/C15H14F4N4O2/c16-10-3-1-2-4-11(10)20-14(24)23-7-5-9(6-8-23)12-21-22-13(25-12)15(17,18)19/h1-4,9H,5-8H2,(H,20,24). The average molecular weight is 358 g/mol. The van der Waals surface area contributed by atoms with E-state index in [0.717, 1.165) is 0 Å². The minimum atomic E-state index is -4.68. The van der Waals surface area contributed by atoms with Crippen LogP contribution in [0, 0.1) is 5.82 Å². The monoisotopic (exact) mass is 358 g/mol. The molecule has 0 saturated carbocycles. The number of benzene rings is 1. The van der Waals surface area contributed by atoms with Gasteiger partial charge in [-0.05, 0) is 25.0 Å². The van der Waals surface area contributed by atoms with Crippen LogP contribution in [0.1, 0.15) is 30.5 Å². The molecular weight excluding hydrogens is 344 g/mol. The van der Waals surface area contributed by atoms with Crippen molar-refractivity contribution in [2.75, 3.05) is 18.4 Å². The lowest BCUT2D eigenvalue weighted by Crippen LogP contribution is -2.40. The normalized spacial score (nSPS) is 16.1. The Labute approximate surface area is 139 Å². The highest BCUT2D eigenvalue weighted by molar-refractivity contribution is 5.89. The number of piperidine rings is 1. The Morgan fingerprint density at radius 1 is 1.20 bits per heavy atom. The molecular formula is C15H14F4N4O2. The Hall–Kier alpha value is -2.65. The van der Waals surface area contributed by atoms with Crippen molar-refractivity contribution in [2.45, 2.75) is 24.9 Å². The van der Waals surface area contributed by atoms with Crippen LogP contribution in [-0.4, -0.2) is 34.2 Å². The lowest BCUT2D eigenvalue weighted by molar-refractivity contribution is -0.157. The number of para-hydroxylation sites is 1. The zero-order chi connectivity index (χ0) is 18.0. The van der Waals surface area contributed by atoms with Crippen LogP contribution in [0.4, 0.5) is 28.0 Å². The number of alkyl halides is 3. The van der Waals surface area contributed by atoms with Crippen molar-refractivity contribution in [3.05, 3.63) is 41.9 Å². The molecule has 6 nitrogen and oxygen atoms in total. The van der Waals surface area contributed by atoms with Crippen LogP contribution in [0.15, 0.2) is 28.7 Å². The van der Waals surface area contributed by atoms with Crippen LogP contribution in [-0.2, 0) is 6.18 Å². The molecule has 2 amide bonds. The van der Waals surface area contributed by atoms with Crippen molar-refractivity contribution < 1.29 is 26.8 Å². The summed E-state index contributed by atoms with van der Waals surface area (Å²) in [7, 11) is 0. The molecule has 0 atom stereocenters. The average Bonchev–Trinajstić information content (AvgIpc) is 3.07. The Balaban J connectivity index is 1.57. The van der Waals surface area contributed by atoms with E-state index in [9.17, 15) is 22.4 Å². The number of hydrogen-bond donors (Lipinski definition) is 1. The topological polar surface area (TPSA) is 71.3 Å². The summed E-state index contributed by atoms with van der Waals surface area (Å²) >= 11 is 0. The second-order valence-electron chi connectivity index (χ2n) is 5.61. The van der Waals surface area contributed by atoms with Crippen molar-refractivity contribution in [1.82, 2.24) is 15.1 Å². The first-order valence-electron chi connectivity index (χ1n) is 7.55.